The van der Waals surface area contributed by atoms with Gasteiger partial charge in [0, 0.05) is 18.7 Å². The minimum Gasteiger partial charge on any atom is -0.366 e. The van der Waals surface area contributed by atoms with Gasteiger partial charge in [0.25, 0.3) is 0 Å². The molecular formula is C16H17N5O. The molecule has 6 heteroatoms. The van der Waals surface area contributed by atoms with Crippen LogP contribution < -0.4 is 10.6 Å². The molecule has 22 heavy (non-hydrogen) atoms. The molecule has 0 spiro atoms. The lowest BCUT2D eigenvalue weighted by Crippen LogP contribution is -2.03. The van der Waals surface area contributed by atoms with E-state index in [0.717, 1.165) is 11.6 Å². The van der Waals surface area contributed by atoms with Crippen molar-refractivity contribution < 1.29 is 4.52 Å². The molecule has 0 aliphatic heterocycles. The summed E-state index contributed by atoms with van der Waals surface area (Å²) >= 11 is 0. The zero-order valence-corrected chi connectivity index (χ0v) is 12.5. The van der Waals surface area contributed by atoms with Gasteiger partial charge in [-0.1, -0.05) is 35.0 Å². The molecule has 0 saturated heterocycles. The topological polar surface area (TPSA) is 75.9 Å². The van der Waals surface area contributed by atoms with E-state index in [1.54, 1.807) is 0 Å². The number of hydrogen-bond acceptors (Lipinski definition) is 6. The molecule has 112 valence electrons. The Morgan fingerprint density at radius 1 is 0.955 bits per heavy atom. The van der Waals surface area contributed by atoms with Gasteiger partial charge in [-0.05, 0) is 19.4 Å². The van der Waals surface area contributed by atoms with E-state index in [9.17, 15) is 0 Å². The van der Waals surface area contributed by atoms with E-state index in [0.29, 0.717) is 18.2 Å². The number of aryl methyl sites for hydroxylation is 2. The first kappa shape index (κ1) is 14.1. The first-order chi connectivity index (χ1) is 10.7. The maximum absolute atomic E-state index is 5.01. The van der Waals surface area contributed by atoms with Crippen molar-refractivity contribution in [2.45, 2.75) is 20.4 Å². The second-order valence-corrected chi connectivity index (χ2v) is 5.08. The summed E-state index contributed by atoms with van der Waals surface area (Å²) in [6.07, 6.45) is 1.51. The lowest BCUT2D eigenvalue weighted by molar-refractivity contribution is 0.400. The van der Waals surface area contributed by atoms with Crippen molar-refractivity contribution in [3.05, 3.63) is 59.6 Å². The molecule has 2 heterocycles. The van der Waals surface area contributed by atoms with Gasteiger partial charge < -0.3 is 15.2 Å². The molecule has 3 rings (SSSR count). The molecule has 0 unspecified atom stereocenters. The van der Waals surface area contributed by atoms with Crippen LogP contribution in [0, 0.1) is 13.8 Å². The van der Waals surface area contributed by atoms with Gasteiger partial charge in [-0.25, -0.2) is 9.97 Å². The maximum atomic E-state index is 5.01. The molecule has 0 radical (unpaired) electrons. The second-order valence-electron chi connectivity index (χ2n) is 5.08. The highest BCUT2D eigenvalue weighted by Crippen LogP contribution is 2.16. The Bertz CT molecular complexity index is 751. The van der Waals surface area contributed by atoms with Gasteiger partial charge in [0.2, 0.25) is 0 Å². The van der Waals surface area contributed by atoms with Gasteiger partial charge in [-0.3, -0.25) is 0 Å². The Kier molecular flexibility index (Phi) is 4.00. The normalized spacial score (nSPS) is 10.5. The lowest BCUT2D eigenvalue weighted by Gasteiger charge is -2.07. The summed E-state index contributed by atoms with van der Waals surface area (Å²) in [5, 5.41) is 10.2. The number of anilines is 3. The monoisotopic (exact) mass is 295 g/mol. The summed E-state index contributed by atoms with van der Waals surface area (Å²) in [4.78, 5) is 8.38. The molecule has 0 aliphatic carbocycles. The van der Waals surface area contributed by atoms with Gasteiger partial charge >= 0.3 is 0 Å². The first-order valence-electron chi connectivity index (χ1n) is 7.01. The van der Waals surface area contributed by atoms with Gasteiger partial charge in [0.15, 0.2) is 5.82 Å². The SMILES string of the molecule is Cc1ccc(CNc2cc(Nc3cc(C)on3)ncn2)cc1. The maximum Gasteiger partial charge on any atom is 0.175 e. The van der Waals surface area contributed by atoms with Crippen molar-refractivity contribution in [3.8, 4) is 0 Å². The van der Waals surface area contributed by atoms with Crippen molar-refractivity contribution >= 4 is 17.5 Å². The largest absolute Gasteiger partial charge is 0.366 e. The Balaban J connectivity index is 1.64. The summed E-state index contributed by atoms with van der Waals surface area (Å²) in [5.74, 6) is 2.78. The smallest absolute Gasteiger partial charge is 0.175 e. The third kappa shape index (κ3) is 3.60. The van der Waals surface area contributed by atoms with Crippen molar-refractivity contribution in [3.63, 3.8) is 0 Å². The average molecular weight is 295 g/mol. The van der Waals surface area contributed by atoms with E-state index < -0.39 is 0 Å². The highest BCUT2D eigenvalue weighted by Gasteiger charge is 2.03. The van der Waals surface area contributed by atoms with Crippen LogP contribution in [0.1, 0.15) is 16.9 Å². The Morgan fingerprint density at radius 2 is 1.73 bits per heavy atom. The standard InChI is InChI=1S/C16H17N5O/c1-11-3-5-13(6-4-11)9-17-14-8-15(19-10-18-14)20-16-7-12(2)22-21-16/h3-8,10H,9H2,1-2H3,(H2,17,18,19,20,21). The average Bonchev–Trinajstić information content (AvgIpc) is 2.92. The number of hydrogen-bond donors (Lipinski definition) is 2. The van der Waals surface area contributed by atoms with E-state index in [1.165, 1.54) is 17.5 Å². The van der Waals surface area contributed by atoms with Gasteiger partial charge in [0.1, 0.15) is 23.7 Å². The fraction of sp³-hybridized carbons (Fsp3) is 0.188. The molecular weight excluding hydrogens is 278 g/mol. The van der Waals surface area contributed by atoms with Crippen LogP contribution in [-0.4, -0.2) is 15.1 Å². The quantitative estimate of drug-likeness (QED) is 0.751. The summed E-state index contributed by atoms with van der Waals surface area (Å²) in [5.41, 5.74) is 2.45. The summed E-state index contributed by atoms with van der Waals surface area (Å²) in [7, 11) is 0. The molecule has 0 amide bonds. The minimum absolute atomic E-state index is 0.626. The Hall–Kier alpha value is -2.89. The van der Waals surface area contributed by atoms with Crippen LogP contribution in [0.5, 0.6) is 0 Å². The fourth-order valence-corrected chi connectivity index (χ4v) is 1.98. The third-order valence-corrected chi connectivity index (χ3v) is 3.15. The predicted molar refractivity (Wildman–Crippen MR) is 85.1 cm³/mol. The van der Waals surface area contributed by atoms with Crippen LogP contribution in [0.25, 0.3) is 0 Å². The summed E-state index contributed by atoms with van der Waals surface area (Å²) in [6, 6.07) is 12.0. The molecule has 3 aromatic rings. The first-order valence-corrected chi connectivity index (χ1v) is 7.01. The van der Waals surface area contributed by atoms with Crippen LogP contribution in [0.3, 0.4) is 0 Å². The molecule has 6 nitrogen and oxygen atoms in total. The number of nitrogens with zero attached hydrogens (tertiary/aromatic N) is 3. The molecule has 1 aromatic carbocycles. The highest BCUT2D eigenvalue weighted by molar-refractivity contribution is 5.55. The summed E-state index contributed by atoms with van der Waals surface area (Å²) in [6.45, 7) is 4.62. The van der Waals surface area contributed by atoms with E-state index in [4.69, 9.17) is 4.52 Å². The summed E-state index contributed by atoms with van der Waals surface area (Å²) < 4.78 is 5.01. The van der Waals surface area contributed by atoms with Crippen molar-refractivity contribution in [2.24, 2.45) is 0 Å². The van der Waals surface area contributed by atoms with E-state index in [-0.39, 0.29) is 0 Å². The zero-order chi connectivity index (χ0) is 15.4. The van der Waals surface area contributed by atoms with Crippen LogP contribution in [0.4, 0.5) is 17.5 Å². The number of nitrogens with one attached hydrogen (secondary N) is 2. The third-order valence-electron chi connectivity index (χ3n) is 3.15. The molecule has 2 aromatic heterocycles. The molecule has 0 fully saturated rings. The van der Waals surface area contributed by atoms with Gasteiger partial charge in [0.05, 0.1) is 0 Å². The van der Waals surface area contributed by atoms with Crippen molar-refractivity contribution in [2.75, 3.05) is 10.6 Å². The fourth-order valence-electron chi connectivity index (χ4n) is 1.98. The zero-order valence-electron chi connectivity index (χ0n) is 12.5. The Morgan fingerprint density at radius 3 is 2.45 bits per heavy atom. The van der Waals surface area contributed by atoms with Crippen LogP contribution >= 0.6 is 0 Å². The lowest BCUT2D eigenvalue weighted by atomic mass is 10.1. The molecule has 0 atom stereocenters. The highest BCUT2D eigenvalue weighted by atomic mass is 16.5. The molecule has 0 saturated carbocycles. The number of aromatic nitrogens is 3. The minimum atomic E-state index is 0.626. The van der Waals surface area contributed by atoms with E-state index >= 15 is 0 Å². The van der Waals surface area contributed by atoms with E-state index in [2.05, 4.69) is 56.9 Å². The molecule has 0 aliphatic rings. The van der Waals surface area contributed by atoms with Crippen LogP contribution in [0.15, 0.2) is 47.2 Å². The predicted octanol–water partition coefficient (Wildman–Crippen LogP) is 3.44. The van der Waals surface area contributed by atoms with Crippen molar-refractivity contribution in [1.82, 2.24) is 15.1 Å². The molecule has 0 bridgehead atoms. The number of rotatable bonds is 5. The van der Waals surface area contributed by atoms with Crippen LogP contribution in [-0.2, 0) is 6.54 Å². The van der Waals surface area contributed by atoms with E-state index in [1.807, 2.05) is 19.1 Å². The van der Waals surface area contributed by atoms with Gasteiger partial charge in [-0.15, -0.1) is 0 Å². The van der Waals surface area contributed by atoms with Crippen molar-refractivity contribution in [1.29, 1.82) is 0 Å². The number of benzene rings is 1. The second kappa shape index (κ2) is 6.26. The van der Waals surface area contributed by atoms with Gasteiger partial charge in [-0.2, -0.15) is 0 Å². The van der Waals surface area contributed by atoms with Crippen LogP contribution in [0.2, 0.25) is 0 Å². The Labute approximate surface area is 128 Å². The molecule has 2 N–H and O–H groups in total.